The van der Waals surface area contributed by atoms with Crippen LogP contribution < -0.4 is 10.1 Å². The van der Waals surface area contributed by atoms with Gasteiger partial charge in [0.2, 0.25) is 0 Å². The molecule has 1 aromatic carbocycles. The van der Waals surface area contributed by atoms with Gasteiger partial charge >= 0.3 is 0 Å². The zero-order chi connectivity index (χ0) is 14.7. The van der Waals surface area contributed by atoms with Crippen LogP contribution in [0, 0.1) is 0 Å². The van der Waals surface area contributed by atoms with Crippen molar-refractivity contribution < 1.29 is 4.74 Å². The van der Waals surface area contributed by atoms with Crippen molar-refractivity contribution in [3.8, 4) is 5.75 Å². The Labute approximate surface area is 134 Å². The Morgan fingerprint density at radius 2 is 2.05 bits per heavy atom. The minimum atomic E-state index is 0.376. The summed E-state index contributed by atoms with van der Waals surface area (Å²) in [4.78, 5) is 4.38. The van der Waals surface area contributed by atoms with Crippen LogP contribution >= 0.6 is 23.2 Å². The Hall–Kier alpha value is -1.29. The third kappa shape index (κ3) is 4.10. The molecular weight excluding hydrogens is 307 g/mol. The number of hydrogen-bond acceptors (Lipinski definition) is 3. The van der Waals surface area contributed by atoms with Gasteiger partial charge in [-0.05, 0) is 31.0 Å². The fourth-order valence-electron chi connectivity index (χ4n) is 1.96. The molecule has 1 saturated carbocycles. The predicted molar refractivity (Wildman–Crippen MR) is 84.9 cm³/mol. The van der Waals surface area contributed by atoms with Gasteiger partial charge in [-0.15, -0.1) is 0 Å². The van der Waals surface area contributed by atoms with Gasteiger partial charge in [0.25, 0.3) is 0 Å². The first kappa shape index (κ1) is 14.6. The van der Waals surface area contributed by atoms with Crippen LogP contribution in [-0.4, -0.2) is 11.0 Å². The van der Waals surface area contributed by atoms with Gasteiger partial charge in [-0.3, -0.25) is 4.98 Å². The van der Waals surface area contributed by atoms with Crippen LogP contribution in [0.4, 0.5) is 0 Å². The topological polar surface area (TPSA) is 34.1 Å². The monoisotopic (exact) mass is 322 g/mol. The molecule has 1 aliphatic carbocycles. The van der Waals surface area contributed by atoms with E-state index in [2.05, 4.69) is 10.3 Å². The van der Waals surface area contributed by atoms with E-state index in [4.69, 9.17) is 27.9 Å². The van der Waals surface area contributed by atoms with Gasteiger partial charge in [-0.25, -0.2) is 0 Å². The average molecular weight is 323 g/mol. The highest BCUT2D eigenvalue weighted by Gasteiger charge is 2.20. The van der Waals surface area contributed by atoms with Crippen LogP contribution in [-0.2, 0) is 13.2 Å². The van der Waals surface area contributed by atoms with Crippen LogP contribution in [0.1, 0.15) is 24.1 Å². The van der Waals surface area contributed by atoms with Crippen molar-refractivity contribution >= 4 is 23.2 Å². The fraction of sp³-hybridized carbons (Fsp3) is 0.312. The highest BCUT2D eigenvalue weighted by Crippen LogP contribution is 2.26. The Bertz CT molecular complexity index is 612. The molecule has 0 saturated heterocycles. The van der Waals surface area contributed by atoms with Gasteiger partial charge in [0.15, 0.2) is 0 Å². The van der Waals surface area contributed by atoms with E-state index in [9.17, 15) is 0 Å². The zero-order valence-corrected chi connectivity index (χ0v) is 13.0. The number of aromatic nitrogens is 1. The summed E-state index contributed by atoms with van der Waals surface area (Å²) in [5, 5.41) is 4.51. The lowest BCUT2D eigenvalue weighted by Gasteiger charge is -2.09. The van der Waals surface area contributed by atoms with Crippen molar-refractivity contribution in [2.75, 3.05) is 0 Å². The molecule has 1 aromatic heterocycles. The van der Waals surface area contributed by atoms with Crippen LogP contribution in [0.5, 0.6) is 5.75 Å². The number of benzene rings is 1. The van der Waals surface area contributed by atoms with Crippen LogP contribution in [0.3, 0.4) is 0 Å². The predicted octanol–water partition coefficient (Wildman–Crippen LogP) is 4.22. The first-order valence-electron chi connectivity index (χ1n) is 6.96. The molecule has 3 nitrogen and oxygen atoms in total. The third-order valence-electron chi connectivity index (χ3n) is 3.37. The maximum atomic E-state index is 6.13. The summed E-state index contributed by atoms with van der Waals surface area (Å²) >= 11 is 12.1. The molecule has 0 amide bonds. The number of halogens is 2. The van der Waals surface area contributed by atoms with E-state index in [-0.39, 0.29) is 0 Å². The van der Waals surface area contributed by atoms with Crippen molar-refractivity contribution in [2.24, 2.45) is 0 Å². The Morgan fingerprint density at radius 3 is 2.76 bits per heavy atom. The first-order valence-corrected chi connectivity index (χ1v) is 7.72. The summed E-state index contributed by atoms with van der Waals surface area (Å²) in [7, 11) is 0. The van der Waals surface area contributed by atoms with Crippen molar-refractivity contribution in [3.05, 3.63) is 57.8 Å². The molecule has 1 heterocycles. The van der Waals surface area contributed by atoms with Crippen molar-refractivity contribution in [3.63, 3.8) is 0 Å². The largest absolute Gasteiger partial charge is 0.487 e. The normalized spacial score (nSPS) is 14.2. The third-order valence-corrected chi connectivity index (χ3v) is 4.23. The Balaban J connectivity index is 1.56. The summed E-state index contributed by atoms with van der Waals surface area (Å²) in [6, 6.07) is 10.1. The molecular formula is C16H16Cl2N2O. The Morgan fingerprint density at radius 1 is 1.19 bits per heavy atom. The molecule has 0 atom stereocenters. The van der Waals surface area contributed by atoms with Gasteiger partial charge in [-0.2, -0.15) is 0 Å². The van der Waals surface area contributed by atoms with Crippen molar-refractivity contribution in [1.29, 1.82) is 0 Å². The van der Waals surface area contributed by atoms with E-state index >= 15 is 0 Å². The molecule has 110 valence electrons. The molecule has 0 unspecified atom stereocenters. The van der Waals surface area contributed by atoms with Crippen LogP contribution in [0.15, 0.2) is 36.5 Å². The molecule has 0 bridgehead atoms. The number of ether oxygens (including phenoxy) is 1. The van der Waals surface area contributed by atoms with Gasteiger partial charge < -0.3 is 10.1 Å². The van der Waals surface area contributed by atoms with Crippen molar-refractivity contribution in [1.82, 2.24) is 10.3 Å². The summed E-state index contributed by atoms with van der Waals surface area (Å²) in [5.74, 6) is 0.723. The second-order valence-electron chi connectivity index (χ2n) is 5.14. The number of hydrogen-bond donors (Lipinski definition) is 1. The molecule has 2 aromatic rings. The summed E-state index contributed by atoms with van der Waals surface area (Å²) in [6.45, 7) is 1.19. The van der Waals surface area contributed by atoms with Gasteiger partial charge in [0.1, 0.15) is 12.4 Å². The minimum absolute atomic E-state index is 0.376. The molecule has 1 aliphatic rings. The molecule has 5 heteroatoms. The van der Waals surface area contributed by atoms with E-state index in [0.29, 0.717) is 22.7 Å². The first-order chi connectivity index (χ1) is 10.2. The second-order valence-corrected chi connectivity index (χ2v) is 5.93. The maximum absolute atomic E-state index is 6.13. The van der Waals surface area contributed by atoms with Gasteiger partial charge in [-0.1, -0.05) is 35.3 Å². The molecule has 0 radical (unpaired) electrons. The van der Waals surface area contributed by atoms with E-state index in [1.54, 1.807) is 12.3 Å². The summed E-state index contributed by atoms with van der Waals surface area (Å²) in [6.07, 6.45) is 4.30. The zero-order valence-electron chi connectivity index (χ0n) is 11.5. The molecule has 3 rings (SSSR count). The molecule has 1 fully saturated rings. The lowest BCUT2D eigenvalue weighted by atomic mass is 10.2. The SMILES string of the molecule is Clc1cccc(COc2ccc(CNC3CC3)nc2)c1Cl. The fourth-order valence-corrected chi connectivity index (χ4v) is 2.33. The lowest BCUT2D eigenvalue weighted by molar-refractivity contribution is 0.305. The number of pyridine rings is 1. The standard InChI is InChI=1S/C16H16Cl2N2O/c17-15-3-1-2-11(16(15)18)10-21-14-7-6-13(20-9-14)8-19-12-4-5-12/h1-3,6-7,9,12,19H,4-5,8,10H2. The highest BCUT2D eigenvalue weighted by atomic mass is 35.5. The Kier molecular flexibility index (Phi) is 4.63. The summed E-state index contributed by atoms with van der Waals surface area (Å²) < 4.78 is 5.69. The minimum Gasteiger partial charge on any atom is -0.487 e. The number of nitrogens with zero attached hydrogens (tertiary/aromatic N) is 1. The molecule has 0 spiro atoms. The number of rotatable bonds is 6. The highest BCUT2D eigenvalue weighted by molar-refractivity contribution is 6.42. The van der Waals surface area contributed by atoms with E-state index < -0.39 is 0 Å². The van der Waals surface area contributed by atoms with Gasteiger partial charge in [0.05, 0.1) is 21.9 Å². The quantitative estimate of drug-likeness (QED) is 0.864. The summed E-state index contributed by atoms with van der Waals surface area (Å²) in [5.41, 5.74) is 1.89. The van der Waals surface area contributed by atoms with E-state index in [1.165, 1.54) is 12.8 Å². The number of nitrogens with one attached hydrogen (secondary N) is 1. The van der Waals surface area contributed by atoms with Crippen LogP contribution in [0.25, 0.3) is 0 Å². The lowest BCUT2D eigenvalue weighted by Crippen LogP contribution is -2.16. The van der Waals surface area contributed by atoms with Gasteiger partial charge in [0, 0.05) is 18.2 Å². The second kappa shape index (κ2) is 6.65. The van der Waals surface area contributed by atoms with Crippen LogP contribution in [0.2, 0.25) is 10.0 Å². The maximum Gasteiger partial charge on any atom is 0.138 e. The van der Waals surface area contributed by atoms with E-state index in [0.717, 1.165) is 23.6 Å². The van der Waals surface area contributed by atoms with Crippen molar-refractivity contribution in [2.45, 2.75) is 32.0 Å². The molecule has 21 heavy (non-hydrogen) atoms. The molecule has 1 N–H and O–H groups in total. The van der Waals surface area contributed by atoms with E-state index in [1.807, 2.05) is 24.3 Å². The average Bonchev–Trinajstić information content (AvgIpc) is 3.32. The molecule has 0 aliphatic heterocycles. The smallest absolute Gasteiger partial charge is 0.138 e.